The van der Waals surface area contributed by atoms with Crippen molar-refractivity contribution in [3.63, 3.8) is 0 Å². The van der Waals surface area contributed by atoms with Gasteiger partial charge in [0.2, 0.25) is 5.91 Å². The van der Waals surface area contributed by atoms with Crippen LogP contribution in [0.4, 0.5) is 5.69 Å². The van der Waals surface area contributed by atoms with Crippen LogP contribution in [0.3, 0.4) is 0 Å². The van der Waals surface area contributed by atoms with E-state index >= 15 is 0 Å². The molecule has 0 bridgehead atoms. The molecule has 1 heterocycles. The first kappa shape index (κ1) is 13.9. The molecule has 5 nitrogen and oxygen atoms in total. The van der Waals surface area contributed by atoms with E-state index in [0.29, 0.717) is 30.1 Å². The summed E-state index contributed by atoms with van der Waals surface area (Å²) in [5.41, 5.74) is 1.21. The highest BCUT2D eigenvalue weighted by molar-refractivity contribution is 8.00. The van der Waals surface area contributed by atoms with E-state index < -0.39 is 0 Å². The summed E-state index contributed by atoms with van der Waals surface area (Å²) >= 11 is 1.46. The summed E-state index contributed by atoms with van der Waals surface area (Å²) in [5.74, 6) is 0.222. The Labute approximate surface area is 116 Å². The minimum atomic E-state index is -0.135. The van der Waals surface area contributed by atoms with E-state index in [0.717, 1.165) is 4.90 Å². The van der Waals surface area contributed by atoms with Gasteiger partial charge in [0.25, 0.3) is 5.91 Å². The fourth-order valence-electron chi connectivity index (χ4n) is 1.92. The maximum atomic E-state index is 12.2. The van der Waals surface area contributed by atoms with Gasteiger partial charge in [0.05, 0.1) is 18.0 Å². The zero-order chi connectivity index (χ0) is 13.8. The number of amides is 2. The molecule has 0 spiro atoms. The van der Waals surface area contributed by atoms with E-state index in [2.05, 4.69) is 5.32 Å². The summed E-state index contributed by atoms with van der Waals surface area (Å²) in [4.78, 5) is 26.1. The Hall–Kier alpha value is -1.53. The van der Waals surface area contributed by atoms with E-state index in [1.54, 1.807) is 17.0 Å². The number of likely N-dealkylation sites (N-methyl/N-ethyl adjacent to an activating group) is 1. The molecule has 0 saturated carbocycles. The summed E-state index contributed by atoms with van der Waals surface area (Å²) in [6.45, 7) is 2.66. The first-order valence-corrected chi connectivity index (χ1v) is 7.11. The second-order valence-electron chi connectivity index (χ2n) is 4.16. The predicted octanol–water partition coefficient (Wildman–Crippen LogP) is 1.19. The Balaban J connectivity index is 2.23. The SMILES string of the molecule is CCN(CCO)C(=O)c1ccc2c(c1)NC(=O)CS2. The van der Waals surface area contributed by atoms with Gasteiger partial charge in [-0.1, -0.05) is 0 Å². The normalized spacial score (nSPS) is 13.7. The molecule has 0 unspecified atom stereocenters. The molecule has 19 heavy (non-hydrogen) atoms. The van der Waals surface area contributed by atoms with Crippen LogP contribution in [0.15, 0.2) is 23.1 Å². The Bertz CT molecular complexity index is 505. The van der Waals surface area contributed by atoms with Gasteiger partial charge < -0.3 is 15.3 Å². The van der Waals surface area contributed by atoms with Gasteiger partial charge >= 0.3 is 0 Å². The maximum Gasteiger partial charge on any atom is 0.253 e. The van der Waals surface area contributed by atoms with Crippen LogP contribution in [0.5, 0.6) is 0 Å². The summed E-state index contributed by atoms with van der Waals surface area (Å²) < 4.78 is 0. The van der Waals surface area contributed by atoms with Crippen LogP contribution in [0.25, 0.3) is 0 Å². The van der Waals surface area contributed by atoms with Crippen LogP contribution in [-0.2, 0) is 4.79 Å². The van der Waals surface area contributed by atoms with Gasteiger partial charge in [-0.25, -0.2) is 0 Å². The number of carbonyl (C=O) groups excluding carboxylic acids is 2. The van der Waals surface area contributed by atoms with Crippen molar-refractivity contribution in [1.82, 2.24) is 4.90 Å². The van der Waals surface area contributed by atoms with Crippen LogP contribution in [0.2, 0.25) is 0 Å². The van der Waals surface area contributed by atoms with Crippen LogP contribution < -0.4 is 5.32 Å². The number of aliphatic hydroxyl groups is 1. The summed E-state index contributed by atoms with van der Waals surface area (Å²) in [6, 6.07) is 5.30. The number of hydrogen-bond acceptors (Lipinski definition) is 4. The van der Waals surface area contributed by atoms with Crippen LogP contribution in [0, 0.1) is 0 Å². The molecule has 0 radical (unpaired) electrons. The Kier molecular flexibility index (Phi) is 4.44. The molecule has 6 heteroatoms. The van der Waals surface area contributed by atoms with Crippen LogP contribution in [0.1, 0.15) is 17.3 Å². The highest BCUT2D eigenvalue weighted by Gasteiger charge is 2.19. The fraction of sp³-hybridized carbons (Fsp3) is 0.385. The third kappa shape index (κ3) is 3.08. The van der Waals surface area contributed by atoms with Gasteiger partial charge in [-0.3, -0.25) is 9.59 Å². The molecular weight excluding hydrogens is 264 g/mol. The van der Waals surface area contributed by atoms with Gasteiger partial charge in [-0.15, -0.1) is 11.8 Å². The lowest BCUT2D eigenvalue weighted by Gasteiger charge is -2.21. The number of rotatable bonds is 4. The van der Waals surface area contributed by atoms with Crippen molar-refractivity contribution >= 4 is 29.3 Å². The number of carbonyl (C=O) groups is 2. The lowest BCUT2D eigenvalue weighted by Crippen LogP contribution is -2.33. The molecule has 0 fully saturated rings. The summed E-state index contributed by atoms with van der Waals surface area (Å²) in [5, 5.41) is 11.7. The van der Waals surface area contributed by atoms with Crippen molar-refractivity contribution < 1.29 is 14.7 Å². The molecule has 0 aromatic heterocycles. The van der Waals surface area contributed by atoms with Gasteiger partial charge in [0, 0.05) is 23.5 Å². The molecule has 1 aliphatic rings. The van der Waals surface area contributed by atoms with Crippen LogP contribution in [-0.4, -0.2) is 47.3 Å². The van der Waals surface area contributed by atoms with Gasteiger partial charge in [0.1, 0.15) is 0 Å². The van der Waals surface area contributed by atoms with Crippen molar-refractivity contribution in [2.75, 3.05) is 30.8 Å². The molecule has 2 amide bonds. The van der Waals surface area contributed by atoms with Crippen molar-refractivity contribution in [2.45, 2.75) is 11.8 Å². The average molecular weight is 280 g/mol. The molecule has 1 aliphatic heterocycles. The van der Waals surface area contributed by atoms with E-state index in [-0.39, 0.29) is 18.4 Å². The lowest BCUT2D eigenvalue weighted by molar-refractivity contribution is -0.113. The zero-order valence-electron chi connectivity index (χ0n) is 10.7. The largest absolute Gasteiger partial charge is 0.395 e. The first-order chi connectivity index (χ1) is 9.15. The number of benzene rings is 1. The molecule has 1 aromatic rings. The zero-order valence-corrected chi connectivity index (χ0v) is 11.5. The predicted molar refractivity (Wildman–Crippen MR) is 74.5 cm³/mol. The minimum Gasteiger partial charge on any atom is -0.395 e. The standard InChI is InChI=1S/C13H16N2O3S/c1-2-15(5-6-16)13(18)9-3-4-11-10(7-9)14-12(17)8-19-11/h3-4,7,16H,2,5-6,8H2,1H3,(H,14,17). The van der Waals surface area contributed by atoms with Crippen molar-refractivity contribution in [3.8, 4) is 0 Å². The molecule has 0 aliphatic carbocycles. The number of nitrogens with zero attached hydrogens (tertiary/aromatic N) is 1. The van der Waals surface area contributed by atoms with E-state index in [1.807, 2.05) is 13.0 Å². The van der Waals surface area contributed by atoms with Crippen molar-refractivity contribution in [3.05, 3.63) is 23.8 Å². The number of hydrogen-bond donors (Lipinski definition) is 2. The quantitative estimate of drug-likeness (QED) is 0.869. The fourth-order valence-corrected chi connectivity index (χ4v) is 2.71. The minimum absolute atomic E-state index is 0.0511. The molecule has 102 valence electrons. The van der Waals surface area contributed by atoms with Gasteiger partial charge in [0.15, 0.2) is 0 Å². The molecular formula is C13H16N2O3S. The second-order valence-corrected chi connectivity index (χ2v) is 5.17. The molecule has 0 atom stereocenters. The number of aliphatic hydroxyl groups excluding tert-OH is 1. The number of nitrogens with one attached hydrogen (secondary N) is 1. The Morgan fingerprint density at radius 3 is 3.00 bits per heavy atom. The number of anilines is 1. The molecule has 1 aromatic carbocycles. The number of thioether (sulfide) groups is 1. The van der Waals surface area contributed by atoms with Gasteiger partial charge in [-0.05, 0) is 25.1 Å². The molecule has 2 N–H and O–H groups in total. The van der Waals surface area contributed by atoms with Gasteiger partial charge in [-0.2, -0.15) is 0 Å². The Morgan fingerprint density at radius 1 is 1.53 bits per heavy atom. The Morgan fingerprint density at radius 2 is 2.32 bits per heavy atom. The number of fused-ring (bicyclic) bond motifs is 1. The monoisotopic (exact) mass is 280 g/mol. The molecule has 2 rings (SSSR count). The topological polar surface area (TPSA) is 69.6 Å². The van der Waals surface area contributed by atoms with E-state index in [1.165, 1.54) is 11.8 Å². The average Bonchev–Trinajstić information content (AvgIpc) is 2.43. The van der Waals surface area contributed by atoms with Crippen LogP contribution >= 0.6 is 11.8 Å². The van der Waals surface area contributed by atoms with E-state index in [4.69, 9.17) is 5.11 Å². The third-order valence-corrected chi connectivity index (χ3v) is 3.97. The second kappa shape index (κ2) is 6.08. The molecule has 0 saturated heterocycles. The summed E-state index contributed by atoms with van der Waals surface area (Å²) in [7, 11) is 0. The highest BCUT2D eigenvalue weighted by atomic mass is 32.2. The third-order valence-electron chi connectivity index (χ3n) is 2.90. The highest BCUT2D eigenvalue weighted by Crippen LogP contribution is 2.32. The van der Waals surface area contributed by atoms with Crippen molar-refractivity contribution in [1.29, 1.82) is 0 Å². The first-order valence-electron chi connectivity index (χ1n) is 6.12. The smallest absolute Gasteiger partial charge is 0.253 e. The summed E-state index contributed by atoms with van der Waals surface area (Å²) in [6.07, 6.45) is 0. The van der Waals surface area contributed by atoms with E-state index in [9.17, 15) is 9.59 Å². The van der Waals surface area contributed by atoms with Crippen molar-refractivity contribution in [2.24, 2.45) is 0 Å². The maximum absolute atomic E-state index is 12.2. The lowest BCUT2D eigenvalue weighted by atomic mass is 10.1.